The first kappa shape index (κ1) is 27.3. The van der Waals surface area contributed by atoms with Gasteiger partial charge in [-0.15, -0.1) is 0 Å². The highest BCUT2D eigenvalue weighted by Crippen LogP contribution is 2.34. The molecule has 1 fully saturated rings. The molecule has 0 radical (unpaired) electrons. The first-order valence-corrected chi connectivity index (χ1v) is 13.2. The number of hydrogen-bond donors (Lipinski definition) is 1. The van der Waals surface area contributed by atoms with Crippen molar-refractivity contribution in [3.63, 3.8) is 0 Å². The lowest BCUT2D eigenvalue weighted by Gasteiger charge is -2.29. The van der Waals surface area contributed by atoms with Crippen molar-refractivity contribution in [1.82, 2.24) is 14.7 Å². The fraction of sp³-hybridized carbons (Fsp3) is 0.500. The molecule has 0 saturated carbocycles. The number of aryl methyl sites for hydroxylation is 2. The van der Waals surface area contributed by atoms with Crippen molar-refractivity contribution in [2.75, 3.05) is 26.3 Å². The third-order valence-corrected chi connectivity index (χ3v) is 6.42. The zero-order valence-corrected chi connectivity index (χ0v) is 22.8. The summed E-state index contributed by atoms with van der Waals surface area (Å²) in [7, 11) is 1.91. The Bertz CT molecular complexity index is 1120. The average Bonchev–Trinajstić information content (AvgIpc) is 3.48. The number of rotatable bonds is 11. The van der Waals surface area contributed by atoms with Crippen molar-refractivity contribution in [3.05, 3.63) is 65.7 Å². The van der Waals surface area contributed by atoms with Gasteiger partial charge in [-0.3, -0.25) is 4.90 Å². The molecule has 1 saturated heterocycles. The SMILES string of the molecule is Cc1ccc(Oc2c(CN(C[C@H](O)COC(C)(C)C)C[C@H]3CCCO3)c(-c3ccccc3)nn2C)cc1. The number of ether oxygens (including phenoxy) is 3. The second-order valence-corrected chi connectivity index (χ2v) is 10.9. The molecule has 0 spiro atoms. The van der Waals surface area contributed by atoms with Gasteiger partial charge in [-0.1, -0.05) is 48.0 Å². The highest BCUT2D eigenvalue weighted by molar-refractivity contribution is 5.65. The van der Waals surface area contributed by atoms with E-state index in [9.17, 15) is 5.11 Å². The van der Waals surface area contributed by atoms with Crippen molar-refractivity contribution in [3.8, 4) is 22.9 Å². The molecule has 200 valence electrons. The first-order valence-electron chi connectivity index (χ1n) is 13.2. The summed E-state index contributed by atoms with van der Waals surface area (Å²) in [5.41, 5.74) is 3.76. The zero-order valence-electron chi connectivity index (χ0n) is 22.8. The van der Waals surface area contributed by atoms with E-state index in [4.69, 9.17) is 19.3 Å². The van der Waals surface area contributed by atoms with E-state index >= 15 is 0 Å². The van der Waals surface area contributed by atoms with Gasteiger partial charge in [0.05, 0.1) is 30.0 Å². The fourth-order valence-corrected chi connectivity index (χ4v) is 4.57. The molecule has 7 nitrogen and oxygen atoms in total. The summed E-state index contributed by atoms with van der Waals surface area (Å²) < 4.78 is 20.1. The third kappa shape index (κ3) is 7.89. The molecule has 0 aliphatic carbocycles. The van der Waals surface area contributed by atoms with Crippen molar-refractivity contribution < 1.29 is 19.3 Å². The Morgan fingerprint density at radius 1 is 1.14 bits per heavy atom. The lowest BCUT2D eigenvalue weighted by atomic mass is 10.1. The van der Waals surface area contributed by atoms with Crippen LogP contribution < -0.4 is 4.74 Å². The highest BCUT2D eigenvalue weighted by Gasteiger charge is 2.27. The number of aromatic nitrogens is 2. The quantitative estimate of drug-likeness (QED) is 0.378. The van der Waals surface area contributed by atoms with Gasteiger partial charge in [0.2, 0.25) is 5.88 Å². The molecule has 1 aromatic heterocycles. The van der Waals surface area contributed by atoms with Gasteiger partial charge >= 0.3 is 0 Å². The summed E-state index contributed by atoms with van der Waals surface area (Å²) in [6, 6.07) is 18.2. The maximum absolute atomic E-state index is 10.9. The van der Waals surface area contributed by atoms with Gasteiger partial charge in [-0.25, -0.2) is 4.68 Å². The number of nitrogens with zero attached hydrogens (tertiary/aromatic N) is 3. The predicted molar refractivity (Wildman–Crippen MR) is 146 cm³/mol. The number of benzene rings is 2. The summed E-state index contributed by atoms with van der Waals surface area (Å²) in [6.45, 7) is 10.9. The molecule has 37 heavy (non-hydrogen) atoms. The van der Waals surface area contributed by atoms with Crippen LogP contribution in [0.3, 0.4) is 0 Å². The Morgan fingerprint density at radius 3 is 2.51 bits per heavy atom. The lowest BCUT2D eigenvalue weighted by Crippen LogP contribution is -2.40. The monoisotopic (exact) mass is 507 g/mol. The largest absolute Gasteiger partial charge is 0.439 e. The second kappa shape index (κ2) is 12.2. The molecule has 0 bridgehead atoms. The van der Waals surface area contributed by atoms with Gasteiger partial charge in [0.25, 0.3) is 0 Å². The van der Waals surface area contributed by atoms with E-state index in [1.807, 2.05) is 70.3 Å². The average molecular weight is 508 g/mol. The summed E-state index contributed by atoms with van der Waals surface area (Å²) in [5.74, 6) is 1.46. The number of aliphatic hydroxyl groups is 1. The molecule has 3 aromatic rings. The maximum Gasteiger partial charge on any atom is 0.222 e. The normalized spacial score (nSPS) is 16.9. The van der Waals surface area contributed by atoms with Crippen molar-refractivity contribution in [2.45, 2.75) is 64.9 Å². The number of aliphatic hydroxyl groups excluding tert-OH is 1. The summed E-state index contributed by atoms with van der Waals surface area (Å²) in [6.07, 6.45) is 1.61. The first-order chi connectivity index (χ1) is 17.7. The maximum atomic E-state index is 10.9. The molecular weight excluding hydrogens is 466 g/mol. The van der Waals surface area contributed by atoms with Crippen LogP contribution in [0.15, 0.2) is 54.6 Å². The van der Waals surface area contributed by atoms with E-state index in [0.29, 0.717) is 19.0 Å². The van der Waals surface area contributed by atoms with E-state index in [2.05, 4.69) is 24.0 Å². The summed E-state index contributed by atoms with van der Waals surface area (Å²) in [5, 5.41) is 15.8. The molecule has 0 unspecified atom stereocenters. The molecule has 2 heterocycles. The van der Waals surface area contributed by atoms with Crippen molar-refractivity contribution in [1.29, 1.82) is 0 Å². The standard InChI is InChI=1S/C30H41N3O4/c1-22-13-15-25(16-14-22)37-29-27(28(31-32(29)5)23-10-7-6-8-11-23)20-33(19-26-12-9-17-35-26)18-24(34)21-36-30(2,3)4/h6-8,10-11,13-16,24,26,34H,9,12,17-21H2,1-5H3/t24-,26+/m0/s1. The zero-order chi connectivity index (χ0) is 26.4. The summed E-state index contributed by atoms with van der Waals surface area (Å²) in [4.78, 5) is 2.25. The molecular formula is C30H41N3O4. The fourth-order valence-electron chi connectivity index (χ4n) is 4.57. The Labute approximate surface area is 221 Å². The van der Waals surface area contributed by atoms with E-state index in [1.54, 1.807) is 4.68 Å². The van der Waals surface area contributed by atoms with Crippen molar-refractivity contribution in [2.24, 2.45) is 7.05 Å². The van der Waals surface area contributed by atoms with E-state index in [1.165, 1.54) is 5.56 Å². The van der Waals surface area contributed by atoms with Crippen LogP contribution in [-0.4, -0.2) is 63.9 Å². The molecule has 1 aliphatic heterocycles. The minimum absolute atomic E-state index is 0.147. The molecule has 2 aromatic carbocycles. The Balaban J connectivity index is 1.64. The summed E-state index contributed by atoms with van der Waals surface area (Å²) >= 11 is 0. The van der Waals surface area contributed by atoms with Crippen LogP contribution in [0, 0.1) is 6.92 Å². The second-order valence-electron chi connectivity index (χ2n) is 10.9. The molecule has 1 aliphatic rings. The van der Waals surface area contributed by atoms with Gasteiger partial charge in [-0.05, 0) is 52.7 Å². The van der Waals surface area contributed by atoms with Gasteiger partial charge in [-0.2, -0.15) is 5.10 Å². The van der Waals surface area contributed by atoms with Gasteiger partial charge in [0, 0.05) is 38.9 Å². The van der Waals surface area contributed by atoms with Crippen LogP contribution in [0.1, 0.15) is 44.7 Å². The minimum Gasteiger partial charge on any atom is -0.439 e. The van der Waals surface area contributed by atoms with Gasteiger partial charge in [0.1, 0.15) is 11.4 Å². The van der Waals surface area contributed by atoms with Gasteiger partial charge < -0.3 is 19.3 Å². The van der Waals surface area contributed by atoms with E-state index < -0.39 is 6.10 Å². The van der Waals surface area contributed by atoms with E-state index in [-0.39, 0.29) is 18.3 Å². The Kier molecular flexibility index (Phi) is 9.03. The van der Waals surface area contributed by atoms with Crippen LogP contribution in [0.4, 0.5) is 0 Å². The van der Waals surface area contributed by atoms with Crippen LogP contribution >= 0.6 is 0 Å². The smallest absolute Gasteiger partial charge is 0.222 e. The number of hydrogen-bond acceptors (Lipinski definition) is 6. The molecule has 2 atom stereocenters. The van der Waals surface area contributed by atoms with Crippen LogP contribution in [-0.2, 0) is 23.1 Å². The van der Waals surface area contributed by atoms with Crippen LogP contribution in [0.2, 0.25) is 0 Å². The highest BCUT2D eigenvalue weighted by atomic mass is 16.5. The molecule has 7 heteroatoms. The lowest BCUT2D eigenvalue weighted by molar-refractivity contribution is -0.0594. The van der Waals surface area contributed by atoms with Crippen LogP contribution in [0.5, 0.6) is 11.6 Å². The molecule has 0 amide bonds. The molecule has 4 rings (SSSR count). The van der Waals surface area contributed by atoms with Crippen molar-refractivity contribution >= 4 is 0 Å². The third-order valence-electron chi connectivity index (χ3n) is 6.42. The minimum atomic E-state index is -0.626. The Hall–Kier alpha value is -2.71. The van der Waals surface area contributed by atoms with E-state index in [0.717, 1.165) is 48.6 Å². The van der Waals surface area contributed by atoms with Crippen LogP contribution in [0.25, 0.3) is 11.3 Å². The van der Waals surface area contributed by atoms with Gasteiger partial charge in [0.15, 0.2) is 0 Å². The predicted octanol–water partition coefficient (Wildman–Crippen LogP) is 5.34. The topological polar surface area (TPSA) is 69.0 Å². The molecule has 1 N–H and O–H groups in total. The Morgan fingerprint density at radius 2 is 1.86 bits per heavy atom.